The van der Waals surface area contributed by atoms with Gasteiger partial charge < -0.3 is 5.11 Å². The molecule has 2 unspecified atom stereocenters. The summed E-state index contributed by atoms with van der Waals surface area (Å²) in [6.45, 7) is 5.29. The minimum atomic E-state index is -3.20. The first kappa shape index (κ1) is 15.0. The summed E-state index contributed by atoms with van der Waals surface area (Å²) in [6.07, 6.45) is 5.13. The lowest BCUT2D eigenvalue weighted by molar-refractivity contribution is 0.130. The average molecular weight is 262 g/mol. The van der Waals surface area contributed by atoms with Gasteiger partial charge in [0.2, 0.25) is 0 Å². The molecule has 0 aromatic heterocycles. The van der Waals surface area contributed by atoms with E-state index >= 15 is 0 Å². The van der Waals surface area contributed by atoms with Gasteiger partial charge in [-0.2, -0.15) is 0 Å². The van der Waals surface area contributed by atoms with Gasteiger partial charge in [-0.3, -0.25) is 0 Å². The highest BCUT2D eigenvalue weighted by atomic mass is 32.2. The van der Waals surface area contributed by atoms with Crippen molar-refractivity contribution in [1.82, 2.24) is 0 Å². The Bertz CT molecular complexity index is 316. The molecule has 0 heterocycles. The van der Waals surface area contributed by atoms with Crippen molar-refractivity contribution in [2.75, 3.05) is 0 Å². The number of hydrogen-bond donors (Lipinski definition) is 1. The predicted octanol–water partition coefficient (Wildman–Crippen LogP) is 2.53. The SMILES string of the molecule is CCC(O)C(C1CCCCC1)S(=O)(=O)C(C)C. The van der Waals surface area contributed by atoms with Crippen LogP contribution in [0.5, 0.6) is 0 Å². The lowest BCUT2D eigenvalue weighted by atomic mass is 9.84. The van der Waals surface area contributed by atoms with Crippen LogP contribution in [-0.2, 0) is 9.84 Å². The summed E-state index contributed by atoms with van der Waals surface area (Å²) in [5.41, 5.74) is 0. The Labute approximate surface area is 106 Å². The molecule has 1 aliphatic rings. The van der Waals surface area contributed by atoms with Crippen LogP contribution in [0, 0.1) is 5.92 Å². The zero-order valence-electron chi connectivity index (χ0n) is 11.2. The molecule has 1 fully saturated rings. The topological polar surface area (TPSA) is 54.4 Å². The molecule has 17 heavy (non-hydrogen) atoms. The molecule has 0 spiro atoms. The standard InChI is InChI=1S/C13H26O3S/c1-4-12(14)13(17(15,16)10(2)3)11-8-6-5-7-9-11/h10-14H,4-9H2,1-3H3. The van der Waals surface area contributed by atoms with Gasteiger partial charge in [-0.25, -0.2) is 8.42 Å². The molecule has 1 rings (SSSR count). The lowest BCUT2D eigenvalue weighted by Gasteiger charge is -2.34. The summed E-state index contributed by atoms with van der Waals surface area (Å²) in [4.78, 5) is 0. The number of rotatable bonds is 5. The van der Waals surface area contributed by atoms with E-state index in [9.17, 15) is 13.5 Å². The fourth-order valence-corrected chi connectivity index (χ4v) is 4.88. The molecular weight excluding hydrogens is 236 g/mol. The highest BCUT2D eigenvalue weighted by Gasteiger charge is 2.40. The van der Waals surface area contributed by atoms with Gasteiger partial charge in [-0.1, -0.05) is 26.2 Å². The smallest absolute Gasteiger partial charge is 0.158 e. The van der Waals surface area contributed by atoms with Gasteiger partial charge in [0.1, 0.15) is 0 Å². The van der Waals surface area contributed by atoms with E-state index in [1.54, 1.807) is 13.8 Å². The van der Waals surface area contributed by atoms with Crippen LogP contribution in [0.25, 0.3) is 0 Å². The minimum Gasteiger partial charge on any atom is -0.392 e. The highest BCUT2D eigenvalue weighted by molar-refractivity contribution is 7.92. The summed E-state index contributed by atoms with van der Waals surface area (Å²) in [5.74, 6) is 0.158. The number of sulfone groups is 1. The first-order valence-corrected chi connectivity index (χ1v) is 8.43. The average Bonchev–Trinajstić information content (AvgIpc) is 2.30. The van der Waals surface area contributed by atoms with Gasteiger partial charge in [-0.05, 0) is 39.0 Å². The zero-order valence-corrected chi connectivity index (χ0v) is 12.0. The molecule has 0 aromatic carbocycles. The fraction of sp³-hybridized carbons (Fsp3) is 1.00. The third kappa shape index (κ3) is 3.44. The van der Waals surface area contributed by atoms with Gasteiger partial charge in [0.05, 0.1) is 16.6 Å². The Balaban J connectivity index is 2.94. The van der Waals surface area contributed by atoms with Crippen molar-refractivity contribution in [3.8, 4) is 0 Å². The van der Waals surface area contributed by atoms with Crippen LogP contribution < -0.4 is 0 Å². The maximum absolute atomic E-state index is 12.4. The van der Waals surface area contributed by atoms with Crippen molar-refractivity contribution < 1.29 is 13.5 Å². The van der Waals surface area contributed by atoms with E-state index < -0.39 is 26.4 Å². The third-order valence-corrected chi connectivity index (χ3v) is 6.72. The zero-order chi connectivity index (χ0) is 13.1. The minimum absolute atomic E-state index is 0.158. The normalized spacial score (nSPS) is 22.6. The maximum atomic E-state index is 12.4. The molecule has 0 radical (unpaired) electrons. The third-order valence-electron chi connectivity index (χ3n) is 3.95. The van der Waals surface area contributed by atoms with Crippen LogP contribution in [0.15, 0.2) is 0 Å². The van der Waals surface area contributed by atoms with E-state index in [0.717, 1.165) is 25.7 Å². The van der Waals surface area contributed by atoms with E-state index in [4.69, 9.17) is 0 Å². The van der Waals surface area contributed by atoms with Crippen LogP contribution in [0.2, 0.25) is 0 Å². The summed E-state index contributed by atoms with van der Waals surface area (Å²) in [5, 5.41) is 9.13. The quantitative estimate of drug-likeness (QED) is 0.828. The van der Waals surface area contributed by atoms with E-state index in [2.05, 4.69) is 0 Å². The molecule has 3 nitrogen and oxygen atoms in total. The molecule has 0 bridgehead atoms. The van der Waals surface area contributed by atoms with E-state index in [-0.39, 0.29) is 5.92 Å². The van der Waals surface area contributed by atoms with Crippen molar-refractivity contribution >= 4 is 9.84 Å². The largest absolute Gasteiger partial charge is 0.392 e. The molecule has 0 amide bonds. The first-order valence-electron chi connectivity index (χ1n) is 6.82. The molecule has 0 aromatic rings. The number of aliphatic hydroxyl groups is 1. The summed E-state index contributed by atoms with van der Waals surface area (Å²) >= 11 is 0. The van der Waals surface area contributed by atoms with Gasteiger partial charge in [0.15, 0.2) is 9.84 Å². The van der Waals surface area contributed by atoms with Gasteiger partial charge >= 0.3 is 0 Å². The van der Waals surface area contributed by atoms with Crippen molar-refractivity contribution in [1.29, 1.82) is 0 Å². The Morgan fingerprint density at radius 3 is 2.12 bits per heavy atom. The molecule has 0 aliphatic heterocycles. The molecule has 2 atom stereocenters. The predicted molar refractivity (Wildman–Crippen MR) is 70.7 cm³/mol. The maximum Gasteiger partial charge on any atom is 0.158 e. The van der Waals surface area contributed by atoms with E-state index in [1.807, 2.05) is 6.92 Å². The first-order chi connectivity index (χ1) is 7.91. The molecule has 102 valence electrons. The van der Waals surface area contributed by atoms with Crippen LogP contribution in [-0.4, -0.2) is 30.1 Å². The van der Waals surface area contributed by atoms with Crippen LogP contribution in [0.4, 0.5) is 0 Å². The Hall–Kier alpha value is -0.0900. The Morgan fingerprint density at radius 2 is 1.71 bits per heavy atom. The van der Waals surface area contributed by atoms with E-state index in [0.29, 0.717) is 6.42 Å². The highest BCUT2D eigenvalue weighted by Crippen LogP contribution is 2.33. The molecule has 1 N–H and O–H groups in total. The molecular formula is C13H26O3S. The lowest BCUT2D eigenvalue weighted by Crippen LogP contribution is -2.44. The van der Waals surface area contributed by atoms with Crippen molar-refractivity contribution in [2.45, 2.75) is 75.9 Å². The summed E-state index contributed by atoms with van der Waals surface area (Å²) in [7, 11) is -3.20. The monoisotopic (exact) mass is 262 g/mol. The summed E-state index contributed by atoms with van der Waals surface area (Å²) < 4.78 is 24.7. The number of aliphatic hydroxyl groups excluding tert-OH is 1. The van der Waals surface area contributed by atoms with Gasteiger partial charge in [0.25, 0.3) is 0 Å². The molecule has 1 saturated carbocycles. The molecule has 0 saturated heterocycles. The Kier molecular flexibility index (Phi) is 5.45. The van der Waals surface area contributed by atoms with Crippen LogP contribution >= 0.6 is 0 Å². The van der Waals surface area contributed by atoms with Gasteiger partial charge in [0, 0.05) is 0 Å². The molecule has 4 heteroatoms. The Morgan fingerprint density at radius 1 is 1.18 bits per heavy atom. The second-order valence-corrected chi connectivity index (χ2v) is 8.14. The van der Waals surface area contributed by atoms with Crippen LogP contribution in [0.1, 0.15) is 59.3 Å². The van der Waals surface area contributed by atoms with Gasteiger partial charge in [-0.15, -0.1) is 0 Å². The molecule has 1 aliphatic carbocycles. The van der Waals surface area contributed by atoms with E-state index in [1.165, 1.54) is 6.42 Å². The second kappa shape index (κ2) is 6.19. The van der Waals surface area contributed by atoms with Crippen LogP contribution in [0.3, 0.4) is 0 Å². The summed E-state index contributed by atoms with van der Waals surface area (Å²) in [6, 6.07) is 0. The van der Waals surface area contributed by atoms with Crippen molar-refractivity contribution in [3.63, 3.8) is 0 Å². The fourth-order valence-electron chi connectivity index (χ4n) is 2.81. The second-order valence-electron chi connectivity index (χ2n) is 5.48. The number of hydrogen-bond acceptors (Lipinski definition) is 3. The van der Waals surface area contributed by atoms with Crippen molar-refractivity contribution in [2.24, 2.45) is 5.92 Å². The van der Waals surface area contributed by atoms with Crippen molar-refractivity contribution in [3.05, 3.63) is 0 Å².